The number of carboxylic acid groups (broad SMARTS) is 2. The highest BCUT2D eigenvalue weighted by atomic mass is 32.2. The second-order valence-corrected chi connectivity index (χ2v) is 10.5. The van der Waals surface area contributed by atoms with E-state index in [0.717, 1.165) is 0 Å². The number of hydrogen-bond acceptors (Lipinski definition) is 8. The third-order valence-electron chi connectivity index (χ3n) is 6.17. The minimum absolute atomic E-state index is 0.115. The van der Waals surface area contributed by atoms with Gasteiger partial charge in [0.1, 0.15) is 30.8 Å². The lowest BCUT2D eigenvalue weighted by Gasteiger charge is -2.30. The molecule has 214 valence electrons. The van der Waals surface area contributed by atoms with Gasteiger partial charge in [0.05, 0.1) is 17.1 Å². The monoisotopic (exact) mass is 570 g/mol. The predicted octanol–water partition coefficient (Wildman–Crippen LogP) is 2.79. The zero-order valence-electron chi connectivity index (χ0n) is 22.5. The Morgan fingerprint density at radius 3 is 2.27 bits per heavy atom. The third kappa shape index (κ3) is 8.04. The number of aliphatic hydroxyl groups excluding tert-OH is 1. The van der Waals surface area contributed by atoms with Gasteiger partial charge in [0.15, 0.2) is 0 Å². The van der Waals surface area contributed by atoms with Crippen molar-refractivity contribution in [3.05, 3.63) is 88.8 Å². The van der Waals surface area contributed by atoms with Gasteiger partial charge in [-0.2, -0.15) is 0 Å². The van der Waals surface area contributed by atoms with Crippen LogP contribution in [0.4, 0.5) is 0 Å². The average molecular weight is 571 g/mol. The van der Waals surface area contributed by atoms with Crippen LogP contribution in [0.15, 0.2) is 88.1 Å². The molecule has 0 fully saturated rings. The van der Waals surface area contributed by atoms with Crippen LogP contribution >= 0.6 is 0 Å². The minimum atomic E-state index is -1.39. The van der Waals surface area contributed by atoms with Crippen molar-refractivity contribution in [1.29, 1.82) is 0 Å². The molecule has 40 heavy (non-hydrogen) atoms. The maximum Gasteiger partial charge on any atom is 0.334 e. The molecule has 0 amide bonds. The van der Waals surface area contributed by atoms with Gasteiger partial charge < -0.3 is 35.4 Å². The summed E-state index contributed by atoms with van der Waals surface area (Å²) in [5.41, 5.74) is 0.686. The standard InChI is InChI=1S/C29H34N2O8S/c1-18-25(28(33)34)27(26(29(35)36)19(2)31-18)23-15-22(40(3)37)11-12-24(23)38-14-8-7-13-30-16-20(32)17-39-21-9-5-4-6-10-21/h4-12,15,20,27,30-32H,13-14,16-17H2,1-3H3,(H,33,34)(H,35,36)/b8-7+/t20-,40?/m0/s1. The molecule has 0 bridgehead atoms. The molecule has 0 aliphatic carbocycles. The molecule has 3 rings (SSSR count). The van der Waals surface area contributed by atoms with E-state index in [1.807, 2.05) is 36.4 Å². The van der Waals surface area contributed by atoms with Crippen LogP contribution in [0.1, 0.15) is 25.3 Å². The number of hydrogen-bond donors (Lipinski definition) is 5. The highest BCUT2D eigenvalue weighted by molar-refractivity contribution is 7.84. The zero-order valence-corrected chi connectivity index (χ0v) is 23.4. The molecule has 0 aromatic heterocycles. The van der Waals surface area contributed by atoms with Crippen molar-refractivity contribution in [2.45, 2.75) is 30.8 Å². The van der Waals surface area contributed by atoms with Crippen LogP contribution in [-0.2, 0) is 20.4 Å². The number of carboxylic acids is 2. The normalized spacial score (nSPS) is 15.6. The summed E-state index contributed by atoms with van der Waals surface area (Å²) in [7, 11) is -1.39. The Labute approximate surface area is 235 Å². The first kappa shape index (κ1) is 30.6. The number of nitrogens with one attached hydrogen (secondary N) is 2. The molecule has 1 heterocycles. The van der Waals surface area contributed by atoms with Gasteiger partial charge >= 0.3 is 11.9 Å². The van der Waals surface area contributed by atoms with Gasteiger partial charge in [0, 0.05) is 52.0 Å². The number of ether oxygens (including phenoxy) is 2. The summed E-state index contributed by atoms with van der Waals surface area (Å²) in [5, 5.41) is 36.0. The maximum absolute atomic E-state index is 12.2. The molecule has 10 nitrogen and oxygen atoms in total. The largest absolute Gasteiger partial charge is 0.491 e. The molecule has 11 heteroatoms. The Hall–Kier alpha value is -3.93. The summed E-state index contributed by atoms with van der Waals surface area (Å²) < 4.78 is 23.7. The molecule has 2 atom stereocenters. The number of aliphatic carboxylic acids is 2. The van der Waals surface area contributed by atoms with Gasteiger partial charge in [0.25, 0.3) is 0 Å². The van der Waals surface area contributed by atoms with Gasteiger partial charge in [0.2, 0.25) is 0 Å². The Morgan fingerprint density at radius 2 is 1.68 bits per heavy atom. The zero-order chi connectivity index (χ0) is 29.2. The van der Waals surface area contributed by atoms with Gasteiger partial charge in [-0.3, -0.25) is 4.21 Å². The van der Waals surface area contributed by atoms with Crippen LogP contribution in [-0.4, -0.2) is 70.1 Å². The van der Waals surface area contributed by atoms with E-state index in [0.29, 0.717) is 40.7 Å². The predicted molar refractivity (Wildman–Crippen MR) is 151 cm³/mol. The molecular weight excluding hydrogens is 536 g/mol. The van der Waals surface area contributed by atoms with Gasteiger partial charge in [-0.15, -0.1) is 0 Å². The molecule has 2 aromatic carbocycles. The Morgan fingerprint density at radius 1 is 1.02 bits per heavy atom. The molecule has 1 aliphatic heterocycles. The summed E-state index contributed by atoms with van der Waals surface area (Å²) in [6.45, 7) is 4.19. The van der Waals surface area contributed by atoms with E-state index in [1.165, 1.54) is 12.3 Å². The lowest BCUT2D eigenvalue weighted by atomic mass is 9.80. The maximum atomic E-state index is 12.2. The molecule has 1 aliphatic rings. The van der Waals surface area contributed by atoms with Crippen molar-refractivity contribution in [1.82, 2.24) is 10.6 Å². The topological polar surface area (TPSA) is 154 Å². The van der Waals surface area contributed by atoms with E-state index < -0.39 is 34.8 Å². The number of carbonyl (C=O) groups is 2. The molecular formula is C29H34N2O8S. The van der Waals surface area contributed by atoms with Crippen LogP contribution in [0.5, 0.6) is 11.5 Å². The van der Waals surface area contributed by atoms with Crippen LogP contribution in [0.3, 0.4) is 0 Å². The summed E-state index contributed by atoms with van der Waals surface area (Å²) in [4.78, 5) is 24.9. The summed E-state index contributed by atoms with van der Waals surface area (Å²) >= 11 is 0. The van der Waals surface area contributed by atoms with Crippen molar-refractivity contribution < 1.29 is 38.6 Å². The van der Waals surface area contributed by atoms with Crippen molar-refractivity contribution in [3.8, 4) is 11.5 Å². The second-order valence-electron chi connectivity index (χ2n) is 9.12. The minimum Gasteiger partial charge on any atom is -0.491 e. The summed E-state index contributed by atoms with van der Waals surface area (Å²) in [5.74, 6) is -2.71. The smallest absolute Gasteiger partial charge is 0.334 e. The van der Waals surface area contributed by atoms with Gasteiger partial charge in [-0.1, -0.05) is 30.4 Å². The lowest BCUT2D eigenvalue weighted by molar-refractivity contribution is -0.133. The Bertz CT molecular complexity index is 1300. The molecule has 1 unspecified atom stereocenters. The number of benzene rings is 2. The van der Waals surface area contributed by atoms with E-state index in [1.54, 1.807) is 32.1 Å². The van der Waals surface area contributed by atoms with Crippen LogP contribution in [0.25, 0.3) is 0 Å². The highest BCUT2D eigenvalue weighted by Crippen LogP contribution is 2.42. The number of aliphatic hydroxyl groups is 1. The molecule has 0 radical (unpaired) electrons. The Balaban J connectivity index is 1.68. The average Bonchev–Trinajstić information content (AvgIpc) is 2.91. The second kappa shape index (κ2) is 14.5. The van der Waals surface area contributed by atoms with E-state index >= 15 is 0 Å². The van der Waals surface area contributed by atoms with Crippen molar-refractivity contribution in [3.63, 3.8) is 0 Å². The van der Waals surface area contributed by atoms with E-state index in [9.17, 15) is 29.1 Å². The molecule has 2 aromatic rings. The van der Waals surface area contributed by atoms with Crippen LogP contribution < -0.4 is 20.1 Å². The SMILES string of the molecule is CC1=C(C(=O)O)C(c2cc(S(C)=O)ccc2OC/C=C/CNC[C@H](O)COc2ccccc2)C(C(=O)O)=C(C)N1. The number of allylic oxidation sites excluding steroid dienone is 2. The lowest BCUT2D eigenvalue weighted by Crippen LogP contribution is -2.31. The van der Waals surface area contributed by atoms with Crippen LogP contribution in [0, 0.1) is 0 Å². The molecule has 5 N–H and O–H groups in total. The summed E-state index contributed by atoms with van der Waals surface area (Å²) in [6.07, 6.45) is 4.35. The van der Waals surface area contributed by atoms with Gasteiger partial charge in [-0.25, -0.2) is 9.59 Å². The molecule has 0 spiro atoms. The fourth-order valence-corrected chi connectivity index (χ4v) is 4.88. The van der Waals surface area contributed by atoms with E-state index in [2.05, 4.69) is 10.6 Å². The fraction of sp³-hybridized carbons (Fsp3) is 0.310. The fourth-order valence-electron chi connectivity index (χ4n) is 4.33. The van der Waals surface area contributed by atoms with Gasteiger partial charge in [-0.05, 0) is 44.2 Å². The van der Waals surface area contributed by atoms with Crippen molar-refractivity contribution >= 4 is 22.7 Å². The quantitative estimate of drug-likeness (QED) is 0.169. The third-order valence-corrected chi connectivity index (χ3v) is 7.09. The van der Waals surface area contributed by atoms with Crippen molar-refractivity contribution in [2.24, 2.45) is 0 Å². The van der Waals surface area contributed by atoms with Crippen molar-refractivity contribution in [2.75, 3.05) is 32.6 Å². The number of rotatable bonds is 14. The van der Waals surface area contributed by atoms with E-state index in [-0.39, 0.29) is 30.1 Å². The van der Waals surface area contributed by atoms with E-state index in [4.69, 9.17) is 9.47 Å². The first-order valence-electron chi connectivity index (χ1n) is 12.6. The highest BCUT2D eigenvalue weighted by Gasteiger charge is 2.38. The summed E-state index contributed by atoms with van der Waals surface area (Å²) in [6, 6.07) is 13.9. The Kier molecular flexibility index (Phi) is 11.1. The molecule has 0 saturated carbocycles. The first-order chi connectivity index (χ1) is 19.1. The molecule has 0 saturated heterocycles. The number of dihydropyridines is 1. The number of para-hydroxylation sites is 1. The first-order valence-corrected chi connectivity index (χ1v) is 14.1. The van der Waals surface area contributed by atoms with Crippen LogP contribution in [0.2, 0.25) is 0 Å².